The van der Waals surface area contributed by atoms with E-state index in [1.807, 2.05) is 11.8 Å². The van der Waals surface area contributed by atoms with Crippen molar-refractivity contribution >= 4 is 11.8 Å². The maximum absolute atomic E-state index is 12.4. The number of piperidine rings is 1. The standard InChI is InChI=1S/C16H23N3O3/c1-11(12-4-6-14(20)7-5-12)18-16(22)13-3-2-8-19(9-13)10-15(17)21/h4-7,11,13,20H,2-3,8-10H2,1H3,(H2,17,21)(H,18,22). The van der Waals surface area contributed by atoms with Gasteiger partial charge in [-0.05, 0) is 44.0 Å². The minimum atomic E-state index is -0.362. The molecule has 0 bridgehead atoms. The van der Waals surface area contributed by atoms with Crippen LogP contribution in [0.4, 0.5) is 0 Å². The Bertz CT molecular complexity index is 530. The third-order valence-electron chi connectivity index (χ3n) is 4.01. The Hall–Kier alpha value is -2.08. The lowest BCUT2D eigenvalue weighted by atomic mass is 9.96. The van der Waals surface area contributed by atoms with Crippen LogP contribution in [0, 0.1) is 5.92 Å². The van der Waals surface area contributed by atoms with Gasteiger partial charge >= 0.3 is 0 Å². The predicted molar refractivity (Wildman–Crippen MR) is 83.0 cm³/mol. The number of phenolic OH excluding ortho intramolecular Hbond substituents is 1. The van der Waals surface area contributed by atoms with Gasteiger partial charge in [-0.3, -0.25) is 14.5 Å². The third-order valence-corrected chi connectivity index (χ3v) is 4.01. The summed E-state index contributed by atoms with van der Waals surface area (Å²) in [6.07, 6.45) is 1.71. The summed E-state index contributed by atoms with van der Waals surface area (Å²) in [5, 5.41) is 12.3. The first-order chi connectivity index (χ1) is 10.5. The second-order valence-electron chi connectivity index (χ2n) is 5.86. The van der Waals surface area contributed by atoms with Crippen molar-refractivity contribution in [1.82, 2.24) is 10.2 Å². The van der Waals surface area contributed by atoms with Gasteiger partial charge in [0.2, 0.25) is 11.8 Å². The number of carbonyl (C=O) groups excluding carboxylic acids is 2. The van der Waals surface area contributed by atoms with Gasteiger partial charge in [0.05, 0.1) is 18.5 Å². The zero-order chi connectivity index (χ0) is 16.1. The fraction of sp³-hybridized carbons (Fsp3) is 0.500. The van der Waals surface area contributed by atoms with Gasteiger partial charge in [0, 0.05) is 6.54 Å². The van der Waals surface area contributed by atoms with E-state index in [0.717, 1.165) is 24.9 Å². The van der Waals surface area contributed by atoms with Crippen LogP contribution in [0.1, 0.15) is 31.4 Å². The smallest absolute Gasteiger partial charge is 0.231 e. The molecule has 1 aliphatic heterocycles. The zero-order valence-corrected chi connectivity index (χ0v) is 12.8. The molecular formula is C16H23N3O3. The van der Waals surface area contributed by atoms with Gasteiger partial charge in [0.1, 0.15) is 5.75 Å². The first-order valence-electron chi connectivity index (χ1n) is 7.55. The molecule has 0 aliphatic carbocycles. The summed E-state index contributed by atoms with van der Waals surface area (Å²) in [5.41, 5.74) is 6.15. The van der Waals surface area contributed by atoms with Crippen molar-refractivity contribution < 1.29 is 14.7 Å². The first-order valence-corrected chi connectivity index (χ1v) is 7.55. The number of amides is 2. The van der Waals surface area contributed by atoms with E-state index in [1.54, 1.807) is 24.3 Å². The number of hydrogen-bond acceptors (Lipinski definition) is 4. The van der Waals surface area contributed by atoms with E-state index in [-0.39, 0.29) is 36.1 Å². The zero-order valence-electron chi connectivity index (χ0n) is 12.8. The highest BCUT2D eigenvalue weighted by molar-refractivity contribution is 5.80. The maximum atomic E-state index is 12.4. The van der Waals surface area contributed by atoms with Crippen molar-refractivity contribution in [2.45, 2.75) is 25.8 Å². The van der Waals surface area contributed by atoms with Crippen LogP contribution < -0.4 is 11.1 Å². The summed E-state index contributed by atoms with van der Waals surface area (Å²) in [6, 6.07) is 6.67. The van der Waals surface area contributed by atoms with Crippen LogP contribution in [0.3, 0.4) is 0 Å². The molecule has 22 heavy (non-hydrogen) atoms. The van der Waals surface area contributed by atoms with Crippen LogP contribution in [0.2, 0.25) is 0 Å². The summed E-state index contributed by atoms with van der Waals surface area (Å²) < 4.78 is 0. The molecule has 1 fully saturated rings. The van der Waals surface area contributed by atoms with E-state index in [2.05, 4.69) is 5.32 Å². The van der Waals surface area contributed by atoms with E-state index in [9.17, 15) is 14.7 Å². The Kier molecular flexibility index (Phi) is 5.38. The summed E-state index contributed by atoms with van der Waals surface area (Å²) in [7, 11) is 0. The van der Waals surface area contributed by atoms with Gasteiger partial charge in [0.25, 0.3) is 0 Å². The topological polar surface area (TPSA) is 95.7 Å². The molecule has 1 aromatic carbocycles. The molecule has 2 unspecified atom stereocenters. The number of benzene rings is 1. The molecule has 2 atom stereocenters. The Morgan fingerprint density at radius 3 is 2.73 bits per heavy atom. The van der Waals surface area contributed by atoms with Crippen molar-refractivity contribution in [2.75, 3.05) is 19.6 Å². The molecule has 6 heteroatoms. The minimum absolute atomic E-state index is 0.00487. The van der Waals surface area contributed by atoms with Crippen molar-refractivity contribution in [2.24, 2.45) is 11.7 Å². The summed E-state index contributed by atoms with van der Waals surface area (Å²) in [6.45, 7) is 3.49. The fourth-order valence-electron chi connectivity index (χ4n) is 2.81. The fourth-order valence-corrected chi connectivity index (χ4v) is 2.81. The second-order valence-corrected chi connectivity index (χ2v) is 5.86. The number of carbonyl (C=O) groups is 2. The highest BCUT2D eigenvalue weighted by atomic mass is 16.3. The average Bonchev–Trinajstić information content (AvgIpc) is 2.47. The van der Waals surface area contributed by atoms with Gasteiger partial charge in [-0.15, -0.1) is 0 Å². The van der Waals surface area contributed by atoms with Crippen molar-refractivity contribution in [3.63, 3.8) is 0 Å². The van der Waals surface area contributed by atoms with Gasteiger partial charge in [0.15, 0.2) is 0 Å². The van der Waals surface area contributed by atoms with Crippen LogP contribution >= 0.6 is 0 Å². The van der Waals surface area contributed by atoms with E-state index in [0.29, 0.717) is 6.54 Å². The Balaban J connectivity index is 1.90. The van der Waals surface area contributed by atoms with Crippen LogP contribution in [-0.4, -0.2) is 41.5 Å². The highest BCUT2D eigenvalue weighted by Gasteiger charge is 2.27. The molecule has 1 aromatic rings. The van der Waals surface area contributed by atoms with Gasteiger partial charge in [-0.2, -0.15) is 0 Å². The van der Waals surface area contributed by atoms with Crippen LogP contribution in [0.5, 0.6) is 5.75 Å². The van der Waals surface area contributed by atoms with Crippen molar-refractivity contribution in [1.29, 1.82) is 0 Å². The summed E-state index contributed by atoms with van der Waals surface area (Å²) in [5.74, 6) is -0.280. The first kappa shape index (κ1) is 16.3. The monoisotopic (exact) mass is 305 g/mol. The van der Waals surface area contributed by atoms with Gasteiger partial charge in [-0.25, -0.2) is 0 Å². The van der Waals surface area contributed by atoms with E-state index in [4.69, 9.17) is 5.73 Å². The molecule has 120 valence electrons. The molecule has 2 rings (SSSR count). The molecule has 2 amide bonds. The van der Waals surface area contributed by atoms with Crippen LogP contribution in [0.15, 0.2) is 24.3 Å². The van der Waals surface area contributed by atoms with E-state index >= 15 is 0 Å². The van der Waals surface area contributed by atoms with Gasteiger partial charge in [-0.1, -0.05) is 12.1 Å². The Morgan fingerprint density at radius 1 is 1.41 bits per heavy atom. The van der Waals surface area contributed by atoms with Gasteiger partial charge < -0.3 is 16.2 Å². The molecule has 6 nitrogen and oxygen atoms in total. The average molecular weight is 305 g/mol. The Morgan fingerprint density at radius 2 is 2.09 bits per heavy atom. The van der Waals surface area contributed by atoms with E-state index < -0.39 is 0 Å². The second kappa shape index (κ2) is 7.26. The molecule has 0 spiro atoms. The quantitative estimate of drug-likeness (QED) is 0.748. The molecule has 0 saturated carbocycles. The molecule has 1 heterocycles. The number of primary amides is 1. The van der Waals surface area contributed by atoms with Crippen molar-refractivity contribution in [3.05, 3.63) is 29.8 Å². The number of nitrogens with one attached hydrogen (secondary N) is 1. The number of hydrogen-bond donors (Lipinski definition) is 3. The molecule has 1 aliphatic rings. The number of nitrogens with zero attached hydrogens (tertiary/aromatic N) is 1. The molecule has 4 N–H and O–H groups in total. The predicted octanol–water partition coefficient (Wildman–Crippen LogP) is 0.767. The normalized spacial score (nSPS) is 20.3. The summed E-state index contributed by atoms with van der Waals surface area (Å²) >= 11 is 0. The summed E-state index contributed by atoms with van der Waals surface area (Å²) in [4.78, 5) is 25.3. The highest BCUT2D eigenvalue weighted by Crippen LogP contribution is 2.20. The third kappa shape index (κ3) is 4.46. The van der Waals surface area contributed by atoms with Crippen LogP contribution in [-0.2, 0) is 9.59 Å². The molecule has 0 aromatic heterocycles. The molecule has 1 saturated heterocycles. The largest absolute Gasteiger partial charge is 0.508 e. The number of rotatable bonds is 5. The number of phenols is 1. The number of nitrogens with two attached hydrogens (primary N) is 1. The van der Waals surface area contributed by atoms with Crippen LogP contribution in [0.25, 0.3) is 0 Å². The molecule has 0 radical (unpaired) electrons. The minimum Gasteiger partial charge on any atom is -0.508 e. The number of aromatic hydroxyl groups is 1. The lowest BCUT2D eigenvalue weighted by Crippen LogP contribution is -2.46. The molecular weight excluding hydrogens is 282 g/mol. The van der Waals surface area contributed by atoms with Crippen molar-refractivity contribution in [3.8, 4) is 5.75 Å². The maximum Gasteiger partial charge on any atom is 0.231 e. The Labute approximate surface area is 130 Å². The SMILES string of the molecule is CC(NC(=O)C1CCCN(CC(N)=O)C1)c1ccc(O)cc1. The van der Waals surface area contributed by atoms with E-state index in [1.165, 1.54) is 0 Å². The lowest BCUT2D eigenvalue weighted by molar-refractivity contribution is -0.128. The number of likely N-dealkylation sites (tertiary alicyclic amines) is 1. The lowest BCUT2D eigenvalue weighted by Gasteiger charge is -2.31.